The molecule has 2 aromatic rings. The first-order valence-electron chi connectivity index (χ1n) is 6.99. The fourth-order valence-corrected chi connectivity index (χ4v) is 3.16. The Kier molecular flexibility index (Phi) is 4.29. The fraction of sp³-hybridized carbons (Fsp3) is 0.294. The van der Waals surface area contributed by atoms with Gasteiger partial charge in [0.15, 0.2) is 0 Å². The molecular formula is C17H20FNO2S. The Morgan fingerprint density at radius 1 is 1.00 bits per heavy atom. The molecule has 0 atom stereocenters. The molecule has 0 saturated heterocycles. The number of nitrogens with one attached hydrogen (secondary N) is 1. The topological polar surface area (TPSA) is 46.2 Å². The average Bonchev–Trinajstić information content (AvgIpc) is 2.42. The van der Waals surface area contributed by atoms with Gasteiger partial charge in [0.2, 0.25) is 0 Å². The first-order chi connectivity index (χ1) is 10.1. The Hall–Kier alpha value is -1.88. The van der Waals surface area contributed by atoms with Gasteiger partial charge in [0.25, 0.3) is 10.0 Å². The lowest BCUT2D eigenvalue weighted by Gasteiger charge is -2.19. The van der Waals surface area contributed by atoms with Crippen LogP contribution < -0.4 is 4.72 Å². The maximum Gasteiger partial charge on any atom is 0.261 e. The molecule has 0 saturated carbocycles. The van der Waals surface area contributed by atoms with E-state index in [1.807, 2.05) is 0 Å². The molecule has 0 heterocycles. The Morgan fingerprint density at radius 2 is 1.59 bits per heavy atom. The van der Waals surface area contributed by atoms with E-state index in [9.17, 15) is 12.8 Å². The van der Waals surface area contributed by atoms with E-state index in [2.05, 4.69) is 25.5 Å². The molecule has 3 nitrogen and oxygen atoms in total. The summed E-state index contributed by atoms with van der Waals surface area (Å²) in [5.41, 5.74) is 1.92. The molecule has 0 unspecified atom stereocenters. The largest absolute Gasteiger partial charge is 0.279 e. The monoisotopic (exact) mass is 321 g/mol. The molecule has 0 amide bonds. The third-order valence-corrected chi connectivity index (χ3v) is 4.86. The zero-order chi connectivity index (χ0) is 16.5. The van der Waals surface area contributed by atoms with Crippen LogP contribution in [0.2, 0.25) is 0 Å². The van der Waals surface area contributed by atoms with Crippen LogP contribution in [0.3, 0.4) is 0 Å². The number of sulfonamides is 1. The van der Waals surface area contributed by atoms with Gasteiger partial charge in [-0.3, -0.25) is 4.72 Å². The zero-order valence-corrected chi connectivity index (χ0v) is 14.0. The standard InChI is InChI=1S/C17H20FNO2S/c1-12-5-8-14(18)11-16(12)19-22(20,21)15-9-6-13(7-10-15)17(2,3)4/h5-11,19H,1-4H3. The number of aryl methyl sites for hydroxylation is 1. The molecule has 0 fully saturated rings. The van der Waals surface area contributed by atoms with Gasteiger partial charge >= 0.3 is 0 Å². The van der Waals surface area contributed by atoms with Crippen molar-refractivity contribution in [2.45, 2.75) is 38.0 Å². The molecule has 0 radical (unpaired) electrons. The Labute approximate surface area is 131 Å². The van der Waals surface area contributed by atoms with Crippen LogP contribution >= 0.6 is 0 Å². The molecule has 5 heteroatoms. The van der Waals surface area contributed by atoms with E-state index < -0.39 is 15.8 Å². The van der Waals surface area contributed by atoms with Gasteiger partial charge in [0.05, 0.1) is 10.6 Å². The van der Waals surface area contributed by atoms with Gasteiger partial charge < -0.3 is 0 Å². The van der Waals surface area contributed by atoms with Crippen LogP contribution in [0.15, 0.2) is 47.4 Å². The van der Waals surface area contributed by atoms with Crippen LogP contribution in [0, 0.1) is 12.7 Å². The summed E-state index contributed by atoms with van der Waals surface area (Å²) < 4.78 is 40.5. The van der Waals surface area contributed by atoms with Gasteiger partial charge in [-0.1, -0.05) is 39.0 Å². The van der Waals surface area contributed by atoms with Crippen molar-refractivity contribution in [3.63, 3.8) is 0 Å². The summed E-state index contributed by atoms with van der Waals surface area (Å²) >= 11 is 0. The van der Waals surface area contributed by atoms with Crippen molar-refractivity contribution in [2.75, 3.05) is 4.72 Å². The van der Waals surface area contributed by atoms with E-state index in [-0.39, 0.29) is 16.0 Å². The van der Waals surface area contributed by atoms with Crippen molar-refractivity contribution in [2.24, 2.45) is 0 Å². The molecule has 2 rings (SSSR count). The average molecular weight is 321 g/mol. The molecule has 0 aliphatic heterocycles. The quantitative estimate of drug-likeness (QED) is 0.919. The van der Waals surface area contributed by atoms with E-state index in [0.29, 0.717) is 5.56 Å². The molecule has 0 spiro atoms. The highest BCUT2D eigenvalue weighted by atomic mass is 32.2. The second-order valence-electron chi connectivity index (χ2n) is 6.34. The highest BCUT2D eigenvalue weighted by Gasteiger charge is 2.18. The lowest BCUT2D eigenvalue weighted by atomic mass is 9.87. The van der Waals surface area contributed by atoms with Crippen molar-refractivity contribution in [1.82, 2.24) is 0 Å². The number of halogens is 1. The highest BCUT2D eigenvalue weighted by molar-refractivity contribution is 7.92. The predicted octanol–water partition coefficient (Wildman–Crippen LogP) is 4.23. The zero-order valence-electron chi connectivity index (χ0n) is 13.1. The molecular weight excluding hydrogens is 301 g/mol. The molecule has 1 N–H and O–H groups in total. The van der Waals surface area contributed by atoms with Gasteiger partial charge in [0.1, 0.15) is 5.82 Å². The van der Waals surface area contributed by atoms with Crippen molar-refractivity contribution in [3.8, 4) is 0 Å². The Morgan fingerprint density at radius 3 is 2.14 bits per heavy atom. The smallest absolute Gasteiger partial charge is 0.261 e. The fourth-order valence-electron chi connectivity index (χ4n) is 2.04. The Bertz CT molecular complexity index is 775. The SMILES string of the molecule is Cc1ccc(F)cc1NS(=O)(=O)c1ccc(C(C)(C)C)cc1. The maximum absolute atomic E-state index is 13.3. The van der Waals surface area contributed by atoms with Crippen LogP contribution in [-0.4, -0.2) is 8.42 Å². The molecule has 2 aromatic carbocycles. The summed E-state index contributed by atoms with van der Waals surface area (Å²) in [4.78, 5) is 0.157. The van der Waals surface area contributed by atoms with Gasteiger partial charge in [-0.15, -0.1) is 0 Å². The van der Waals surface area contributed by atoms with Crippen molar-refractivity contribution >= 4 is 15.7 Å². The Balaban J connectivity index is 2.33. The first kappa shape index (κ1) is 16.5. The van der Waals surface area contributed by atoms with Gasteiger partial charge in [-0.25, -0.2) is 12.8 Å². The van der Waals surface area contributed by atoms with E-state index in [1.165, 1.54) is 18.2 Å². The first-order valence-corrected chi connectivity index (χ1v) is 8.47. The number of hydrogen-bond donors (Lipinski definition) is 1. The van der Waals surface area contributed by atoms with Crippen molar-refractivity contribution in [1.29, 1.82) is 0 Å². The second-order valence-corrected chi connectivity index (χ2v) is 8.02. The number of rotatable bonds is 3. The normalized spacial score (nSPS) is 12.2. The predicted molar refractivity (Wildman–Crippen MR) is 87.1 cm³/mol. The van der Waals surface area contributed by atoms with Crippen LogP contribution in [0.1, 0.15) is 31.9 Å². The number of benzene rings is 2. The summed E-state index contributed by atoms with van der Waals surface area (Å²) in [5.74, 6) is -0.480. The summed E-state index contributed by atoms with van der Waals surface area (Å²) in [6.45, 7) is 7.90. The maximum atomic E-state index is 13.3. The third kappa shape index (κ3) is 3.65. The number of anilines is 1. The van der Waals surface area contributed by atoms with Crippen LogP contribution in [0.5, 0.6) is 0 Å². The minimum Gasteiger partial charge on any atom is -0.279 e. The van der Waals surface area contributed by atoms with Crippen molar-refractivity contribution in [3.05, 3.63) is 59.4 Å². The minimum atomic E-state index is -3.73. The summed E-state index contributed by atoms with van der Waals surface area (Å²) in [7, 11) is -3.73. The highest BCUT2D eigenvalue weighted by Crippen LogP contribution is 2.25. The van der Waals surface area contributed by atoms with Crippen LogP contribution in [0.4, 0.5) is 10.1 Å². The van der Waals surface area contributed by atoms with E-state index in [4.69, 9.17) is 0 Å². The van der Waals surface area contributed by atoms with E-state index in [1.54, 1.807) is 31.2 Å². The van der Waals surface area contributed by atoms with Gasteiger partial charge in [0, 0.05) is 0 Å². The second kappa shape index (κ2) is 5.72. The molecule has 0 bridgehead atoms. The lowest BCUT2D eigenvalue weighted by molar-refractivity contribution is 0.587. The molecule has 0 aliphatic rings. The summed E-state index contributed by atoms with van der Waals surface area (Å²) in [6, 6.07) is 10.7. The van der Waals surface area contributed by atoms with Gasteiger partial charge in [-0.2, -0.15) is 0 Å². The van der Waals surface area contributed by atoms with Gasteiger partial charge in [-0.05, 0) is 47.7 Å². The number of hydrogen-bond acceptors (Lipinski definition) is 2. The molecule has 0 aromatic heterocycles. The molecule has 0 aliphatic carbocycles. The summed E-state index contributed by atoms with van der Waals surface area (Å²) in [5, 5.41) is 0. The molecule has 22 heavy (non-hydrogen) atoms. The minimum absolute atomic E-state index is 0.0468. The third-order valence-electron chi connectivity index (χ3n) is 3.47. The lowest BCUT2D eigenvalue weighted by Crippen LogP contribution is -2.15. The van der Waals surface area contributed by atoms with Crippen molar-refractivity contribution < 1.29 is 12.8 Å². The van der Waals surface area contributed by atoms with E-state index in [0.717, 1.165) is 5.56 Å². The van der Waals surface area contributed by atoms with E-state index >= 15 is 0 Å². The summed E-state index contributed by atoms with van der Waals surface area (Å²) in [6.07, 6.45) is 0. The van der Waals surface area contributed by atoms with Crippen LogP contribution in [-0.2, 0) is 15.4 Å². The molecule has 118 valence electrons. The van der Waals surface area contributed by atoms with Crippen LogP contribution in [0.25, 0.3) is 0 Å².